The molecule has 0 radical (unpaired) electrons. The van der Waals surface area contributed by atoms with Crippen molar-refractivity contribution in [3.05, 3.63) is 34.9 Å². The van der Waals surface area contributed by atoms with E-state index in [4.69, 9.17) is 4.74 Å². The maximum atomic E-state index is 12.2. The molecule has 1 aromatic carbocycles. The van der Waals surface area contributed by atoms with E-state index in [-0.39, 0.29) is 13.2 Å². The summed E-state index contributed by atoms with van der Waals surface area (Å²) in [7, 11) is 1.25. The Morgan fingerprint density at radius 3 is 2.52 bits per heavy atom. The number of nitriles is 1. The van der Waals surface area contributed by atoms with Crippen LogP contribution in [0.1, 0.15) is 29.5 Å². The summed E-state index contributed by atoms with van der Waals surface area (Å²) in [6, 6.07) is 6.89. The summed E-state index contributed by atoms with van der Waals surface area (Å²) in [5.41, 5.74) is 0.135. The molecule has 0 saturated heterocycles. The van der Waals surface area contributed by atoms with E-state index in [0.29, 0.717) is 34.9 Å². The molecule has 1 unspecified atom stereocenters. The number of esters is 1. The molecule has 1 atom stereocenters. The molecule has 0 aliphatic carbocycles. The van der Waals surface area contributed by atoms with Gasteiger partial charge in [0.2, 0.25) is 0 Å². The van der Waals surface area contributed by atoms with Crippen LogP contribution in [0, 0.1) is 11.3 Å². The lowest BCUT2D eigenvalue weighted by Gasteiger charge is -2.25. The number of alkyl halides is 1. The number of ether oxygens (including phenoxy) is 1. The van der Waals surface area contributed by atoms with Crippen LogP contribution in [-0.2, 0) is 28.2 Å². The molecule has 21 heavy (non-hydrogen) atoms. The van der Waals surface area contributed by atoms with Crippen molar-refractivity contribution < 1.29 is 19.7 Å². The number of methoxy groups -OCH3 is 1. The van der Waals surface area contributed by atoms with Gasteiger partial charge in [0.15, 0.2) is 5.41 Å². The van der Waals surface area contributed by atoms with Gasteiger partial charge in [-0.25, -0.2) is 4.79 Å². The van der Waals surface area contributed by atoms with E-state index < -0.39 is 11.4 Å². The number of halogens is 1. The molecule has 0 saturated carbocycles. The fourth-order valence-electron chi connectivity index (χ4n) is 2.23. The number of aliphatic hydroxyl groups excluding tert-OH is 2. The highest BCUT2D eigenvalue weighted by molar-refractivity contribution is 9.09. The van der Waals surface area contributed by atoms with Crippen LogP contribution in [0.3, 0.4) is 0 Å². The Labute approximate surface area is 132 Å². The van der Waals surface area contributed by atoms with E-state index in [1.54, 1.807) is 18.2 Å². The Kier molecular flexibility index (Phi) is 6.82. The number of carbonyl (C=O) groups excluding carboxylic acids is 1. The van der Waals surface area contributed by atoms with Gasteiger partial charge in [0.05, 0.1) is 26.4 Å². The third-order valence-corrected chi connectivity index (χ3v) is 4.01. The Balaban J connectivity index is 3.38. The number of aliphatic hydroxyl groups is 2. The number of nitrogens with zero attached hydrogens (tertiary/aromatic N) is 1. The van der Waals surface area contributed by atoms with E-state index in [0.717, 1.165) is 0 Å². The molecule has 0 aromatic heterocycles. The minimum absolute atomic E-state index is 0.213. The Morgan fingerprint density at radius 2 is 2.05 bits per heavy atom. The minimum Gasteiger partial charge on any atom is -0.468 e. The molecule has 6 heteroatoms. The van der Waals surface area contributed by atoms with Crippen LogP contribution in [0.2, 0.25) is 0 Å². The molecular formula is C15H18BrNO4. The first-order valence-electron chi connectivity index (χ1n) is 6.49. The van der Waals surface area contributed by atoms with Crippen molar-refractivity contribution in [2.75, 3.05) is 12.4 Å². The van der Waals surface area contributed by atoms with E-state index in [2.05, 4.69) is 22.0 Å². The van der Waals surface area contributed by atoms with Crippen molar-refractivity contribution in [3.63, 3.8) is 0 Å². The zero-order chi connectivity index (χ0) is 15.9. The molecule has 5 nitrogen and oxygen atoms in total. The molecular weight excluding hydrogens is 338 g/mol. The summed E-state index contributed by atoms with van der Waals surface area (Å²) >= 11 is 3.29. The lowest BCUT2D eigenvalue weighted by molar-refractivity contribution is -0.145. The van der Waals surface area contributed by atoms with Crippen LogP contribution in [0.15, 0.2) is 18.2 Å². The highest BCUT2D eigenvalue weighted by Crippen LogP contribution is 2.32. The number of rotatable bonds is 7. The van der Waals surface area contributed by atoms with Crippen molar-refractivity contribution in [2.24, 2.45) is 0 Å². The number of carbonyl (C=O) groups is 1. The van der Waals surface area contributed by atoms with Crippen LogP contribution in [0.5, 0.6) is 0 Å². The lowest BCUT2D eigenvalue weighted by atomic mass is 9.77. The monoisotopic (exact) mass is 355 g/mol. The Morgan fingerprint density at radius 1 is 1.38 bits per heavy atom. The van der Waals surface area contributed by atoms with Gasteiger partial charge in [0, 0.05) is 5.33 Å². The first-order chi connectivity index (χ1) is 10.1. The average molecular weight is 356 g/mol. The molecule has 2 N–H and O–H groups in total. The topological polar surface area (TPSA) is 90.6 Å². The lowest BCUT2D eigenvalue weighted by Crippen LogP contribution is -2.36. The van der Waals surface area contributed by atoms with Crippen LogP contribution >= 0.6 is 15.9 Å². The van der Waals surface area contributed by atoms with Gasteiger partial charge < -0.3 is 14.9 Å². The van der Waals surface area contributed by atoms with Gasteiger partial charge >= 0.3 is 5.97 Å². The maximum absolute atomic E-state index is 12.2. The van der Waals surface area contributed by atoms with Crippen molar-refractivity contribution in [1.82, 2.24) is 0 Å². The SMILES string of the molecule is COC(=O)C(C#N)(CCCBr)c1ccc(CO)c(CO)c1. The van der Waals surface area contributed by atoms with Crippen LogP contribution < -0.4 is 0 Å². The van der Waals surface area contributed by atoms with Crippen molar-refractivity contribution in [1.29, 1.82) is 5.26 Å². The van der Waals surface area contributed by atoms with Crippen LogP contribution in [0.4, 0.5) is 0 Å². The largest absolute Gasteiger partial charge is 0.468 e. The zero-order valence-electron chi connectivity index (χ0n) is 11.8. The van der Waals surface area contributed by atoms with E-state index in [9.17, 15) is 20.3 Å². The summed E-state index contributed by atoms with van der Waals surface area (Å²) in [4.78, 5) is 12.2. The molecule has 0 bridgehead atoms. The summed E-state index contributed by atoms with van der Waals surface area (Å²) in [6.45, 7) is -0.486. The molecule has 1 rings (SSSR count). The minimum atomic E-state index is -1.40. The third-order valence-electron chi connectivity index (χ3n) is 3.45. The first-order valence-corrected chi connectivity index (χ1v) is 7.61. The smallest absolute Gasteiger partial charge is 0.330 e. The average Bonchev–Trinajstić information content (AvgIpc) is 2.55. The summed E-state index contributed by atoms with van der Waals surface area (Å²) in [5, 5.41) is 28.8. The Hall–Kier alpha value is -1.42. The quantitative estimate of drug-likeness (QED) is 0.574. The molecule has 0 heterocycles. The second-order valence-corrected chi connectivity index (χ2v) is 5.39. The van der Waals surface area contributed by atoms with Crippen molar-refractivity contribution in [3.8, 4) is 6.07 Å². The second-order valence-electron chi connectivity index (χ2n) is 4.60. The molecule has 1 aromatic rings. The van der Waals surface area contributed by atoms with Gasteiger partial charge in [0.25, 0.3) is 0 Å². The van der Waals surface area contributed by atoms with E-state index >= 15 is 0 Å². The standard InChI is InChI=1S/C15H18BrNO4/c1-21-14(20)15(10-17,5-2-6-16)13-4-3-11(8-18)12(7-13)9-19/h3-4,7,18-19H,2,5-6,8-9H2,1H3. The Bertz CT molecular complexity index is 541. The molecule has 0 spiro atoms. The fraction of sp³-hybridized carbons (Fsp3) is 0.467. The van der Waals surface area contributed by atoms with Crippen molar-refractivity contribution in [2.45, 2.75) is 31.5 Å². The number of hydrogen-bond donors (Lipinski definition) is 2. The highest BCUT2D eigenvalue weighted by atomic mass is 79.9. The fourth-order valence-corrected chi connectivity index (χ4v) is 2.51. The van der Waals surface area contributed by atoms with Gasteiger partial charge in [0.1, 0.15) is 0 Å². The molecule has 0 fully saturated rings. The molecule has 114 valence electrons. The van der Waals surface area contributed by atoms with Gasteiger partial charge in [-0.2, -0.15) is 5.26 Å². The molecule has 0 amide bonds. The van der Waals surface area contributed by atoms with Gasteiger partial charge in [-0.05, 0) is 29.5 Å². The van der Waals surface area contributed by atoms with Crippen LogP contribution in [-0.4, -0.2) is 28.6 Å². The first kappa shape index (κ1) is 17.6. The number of benzene rings is 1. The summed E-state index contributed by atoms with van der Waals surface area (Å²) in [6.07, 6.45) is 0.934. The second kappa shape index (κ2) is 8.13. The summed E-state index contributed by atoms with van der Waals surface area (Å²) in [5.74, 6) is -0.619. The normalized spacial score (nSPS) is 13.3. The maximum Gasteiger partial charge on any atom is 0.330 e. The predicted molar refractivity (Wildman–Crippen MR) is 80.6 cm³/mol. The summed E-state index contributed by atoms with van der Waals surface area (Å²) < 4.78 is 4.80. The van der Waals surface area contributed by atoms with Gasteiger partial charge in [-0.15, -0.1) is 0 Å². The predicted octanol–water partition coefficient (Wildman–Crippen LogP) is 1.78. The molecule has 0 aliphatic rings. The van der Waals surface area contributed by atoms with Gasteiger partial charge in [-0.1, -0.05) is 34.1 Å². The zero-order valence-corrected chi connectivity index (χ0v) is 13.4. The van der Waals surface area contributed by atoms with E-state index in [1.165, 1.54) is 7.11 Å². The highest BCUT2D eigenvalue weighted by Gasteiger charge is 2.41. The van der Waals surface area contributed by atoms with Crippen LogP contribution in [0.25, 0.3) is 0 Å². The third kappa shape index (κ3) is 3.62. The van der Waals surface area contributed by atoms with Gasteiger partial charge in [-0.3, -0.25) is 0 Å². The van der Waals surface area contributed by atoms with E-state index in [1.807, 2.05) is 0 Å². The van der Waals surface area contributed by atoms with Crippen molar-refractivity contribution >= 4 is 21.9 Å². The molecule has 0 aliphatic heterocycles. The number of hydrogen-bond acceptors (Lipinski definition) is 5.